The molecule has 4 N–H and O–H groups in total. The number of carboxylic acids is 1. The number of aryl methyl sites for hydroxylation is 1. The second-order valence-electron chi connectivity index (χ2n) is 8.51. The number of carbonyl (C=O) groups is 4. The zero-order chi connectivity index (χ0) is 23.3. The Kier molecular flexibility index (Phi) is 7.84. The van der Waals surface area contributed by atoms with E-state index in [0.29, 0.717) is 19.4 Å². The van der Waals surface area contributed by atoms with Gasteiger partial charge in [-0.05, 0) is 57.2 Å². The third-order valence-electron chi connectivity index (χ3n) is 6.34. The van der Waals surface area contributed by atoms with Crippen LogP contribution in [-0.2, 0) is 25.6 Å². The number of likely N-dealkylation sites (N-methyl/N-ethyl adjacent to an activating group) is 1. The molecule has 0 bridgehead atoms. The maximum atomic E-state index is 13.2. The van der Waals surface area contributed by atoms with Crippen molar-refractivity contribution in [1.82, 2.24) is 20.9 Å². The van der Waals surface area contributed by atoms with Gasteiger partial charge in [-0.15, -0.1) is 0 Å². The van der Waals surface area contributed by atoms with E-state index in [2.05, 4.69) is 22.0 Å². The van der Waals surface area contributed by atoms with Gasteiger partial charge >= 0.3 is 5.97 Å². The molecule has 0 radical (unpaired) electrons. The van der Waals surface area contributed by atoms with Crippen LogP contribution in [0.2, 0.25) is 0 Å². The Morgan fingerprint density at radius 2 is 1.91 bits per heavy atom. The first kappa shape index (κ1) is 23.7. The predicted octanol–water partition coefficient (Wildman–Crippen LogP) is 0.739. The second kappa shape index (κ2) is 10.6. The smallest absolute Gasteiger partial charge is 0.305 e. The van der Waals surface area contributed by atoms with Gasteiger partial charge in [-0.3, -0.25) is 19.2 Å². The second-order valence-corrected chi connectivity index (χ2v) is 8.51. The lowest BCUT2D eigenvalue weighted by atomic mass is 9.87. The van der Waals surface area contributed by atoms with E-state index in [9.17, 15) is 24.3 Å². The quantitative estimate of drug-likeness (QED) is 0.468. The van der Waals surface area contributed by atoms with Crippen LogP contribution < -0.4 is 16.0 Å². The maximum Gasteiger partial charge on any atom is 0.305 e. The number of nitrogens with one attached hydrogen (secondary N) is 3. The van der Waals surface area contributed by atoms with Crippen LogP contribution in [0.25, 0.3) is 0 Å². The molecule has 1 aromatic carbocycles. The molecular formula is C23H32N4O5. The summed E-state index contributed by atoms with van der Waals surface area (Å²) in [7, 11) is 1.60. The summed E-state index contributed by atoms with van der Waals surface area (Å²) < 4.78 is 0. The zero-order valence-corrected chi connectivity index (χ0v) is 18.6. The van der Waals surface area contributed by atoms with E-state index >= 15 is 0 Å². The SMILES string of the molecule is CN[C@@H](C)C(=O)N[C@@H](CC(=O)O)C(=O)N1CCC[C@H]1C(=O)NC1CCCc2ccccc21. The summed E-state index contributed by atoms with van der Waals surface area (Å²) in [4.78, 5) is 51.3. The first-order valence-corrected chi connectivity index (χ1v) is 11.2. The van der Waals surface area contributed by atoms with Crippen molar-refractivity contribution >= 4 is 23.7 Å². The number of fused-ring (bicyclic) bond motifs is 1. The molecule has 0 spiro atoms. The number of benzene rings is 1. The molecule has 3 amide bonds. The van der Waals surface area contributed by atoms with Crippen LogP contribution in [0, 0.1) is 0 Å². The van der Waals surface area contributed by atoms with Crippen LogP contribution in [0.4, 0.5) is 0 Å². The molecular weight excluding hydrogens is 412 g/mol. The van der Waals surface area contributed by atoms with E-state index in [1.807, 2.05) is 18.2 Å². The highest BCUT2D eigenvalue weighted by Gasteiger charge is 2.39. The van der Waals surface area contributed by atoms with Crippen molar-refractivity contribution in [3.05, 3.63) is 35.4 Å². The van der Waals surface area contributed by atoms with Crippen LogP contribution >= 0.6 is 0 Å². The lowest BCUT2D eigenvalue weighted by Crippen LogP contribution is -2.56. The number of hydrogen-bond donors (Lipinski definition) is 4. The van der Waals surface area contributed by atoms with Crippen molar-refractivity contribution in [3.63, 3.8) is 0 Å². The van der Waals surface area contributed by atoms with Gasteiger partial charge in [-0.2, -0.15) is 0 Å². The monoisotopic (exact) mass is 444 g/mol. The van der Waals surface area contributed by atoms with Crippen molar-refractivity contribution in [2.75, 3.05) is 13.6 Å². The Morgan fingerprint density at radius 1 is 1.16 bits per heavy atom. The first-order chi connectivity index (χ1) is 15.3. The molecule has 2 aliphatic rings. The average Bonchev–Trinajstić information content (AvgIpc) is 3.27. The third kappa shape index (κ3) is 5.45. The fourth-order valence-corrected chi connectivity index (χ4v) is 4.48. The summed E-state index contributed by atoms with van der Waals surface area (Å²) >= 11 is 0. The molecule has 1 saturated heterocycles. The van der Waals surface area contributed by atoms with Crippen LogP contribution in [0.3, 0.4) is 0 Å². The van der Waals surface area contributed by atoms with Crippen molar-refractivity contribution in [1.29, 1.82) is 0 Å². The van der Waals surface area contributed by atoms with Crippen molar-refractivity contribution in [2.24, 2.45) is 0 Å². The average molecular weight is 445 g/mol. The molecule has 9 nitrogen and oxygen atoms in total. The van der Waals surface area contributed by atoms with E-state index < -0.39 is 42.3 Å². The fraction of sp³-hybridized carbons (Fsp3) is 0.565. The zero-order valence-electron chi connectivity index (χ0n) is 18.6. The van der Waals surface area contributed by atoms with Gasteiger partial charge in [0.05, 0.1) is 18.5 Å². The van der Waals surface area contributed by atoms with Crippen molar-refractivity contribution in [3.8, 4) is 0 Å². The van der Waals surface area contributed by atoms with Crippen LogP contribution in [0.15, 0.2) is 24.3 Å². The van der Waals surface area contributed by atoms with Crippen LogP contribution in [0.1, 0.15) is 56.2 Å². The first-order valence-electron chi connectivity index (χ1n) is 11.2. The minimum absolute atomic E-state index is 0.101. The highest BCUT2D eigenvalue weighted by atomic mass is 16.4. The van der Waals surface area contributed by atoms with Gasteiger partial charge in [0.15, 0.2) is 0 Å². The lowest BCUT2D eigenvalue weighted by molar-refractivity contribution is -0.146. The van der Waals surface area contributed by atoms with Crippen molar-refractivity contribution in [2.45, 2.75) is 69.6 Å². The van der Waals surface area contributed by atoms with Crippen molar-refractivity contribution < 1.29 is 24.3 Å². The van der Waals surface area contributed by atoms with E-state index in [1.54, 1.807) is 14.0 Å². The Bertz CT molecular complexity index is 874. The maximum absolute atomic E-state index is 13.2. The van der Waals surface area contributed by atoms with E-state index in [0.717, 1.165) is 24.8 Å². The minimum atomic E-state index is -1.22. The molecule has 4 atom stereocenters. The molecule has 1 aliphatic carbocycles. The number of nitrogens with zero attached hydrogens (tertiary/aromatic N) is 1. The molecule has 1 heterocycles. The molecule has 1 aromatic rings. The number of likely N-dealkylation sites (tertiary alicyclic amines) is 1. The Hall–Kier alpha value is -2.94. The number of aliphatic carboxylic acids is 1. The third-order valence-corrected chi connectivity index (χ3v) is 6.34. The molecule has 1 aliphatic heterocycles. The molecule has 1 fully saturated rings. The molecule has 1 unspecified atom stereocenters. The number of rotatable bonds is 8. The molecule has 3 rings (SSSR count). The highest BCUT2D eigenvalue weighted by Crippen LogP contribution is 2.30. The summed E-state index contributed by atoms with van der Waals surface area (Å²) in [6.07, 6.45) is 3.41. The standard InChI is InChI=1S/C23H32N4O5/c1-14(24-2)21(30)26-18(13-20(28)29)23(32)27-12-6-11-19(27)22(31)25-17-10-5-8-15-7-3-4-9-16(15)17/h3-4,7,9,14,17-19,24H,5-6,8,10-13H2,1-2H3,(H,25,31)(H,26,30)(H,28,29)/t14-,17?,18-,19-/m0/s1. The fourth-order valence-electron chi connectivity index (χ4n) is 4.48. The molecule has 174 valence electrons. The van der Waals surface area contributed by atoms with Gasteiger partial charge in [-0.1, -0.05) is 24.3 Å². The predicted molar refractivity (Wildman–Crippen MR) is 118 cm³/mol. The molecule has 0 saturated carbocycles. The summed E-state index contributed by atoms with van der Waals surface area (Å²) in [6, 6.07) is 5.47. The van der Waals surface area contributed by atoms with E-state index in [1.165, 1.54) is 10.5 Å². The Morgan fingerprint density at radius 3 is 2.62 bits per heavy atom. The number of amides is 3. The van der Waals surface area contributed by atoms with Gasteiger partial charge in [0.25, 0.3) is 0 Å². The molecule has 9 heteroatoms. The van der Waals surface area contributed by atoms with Crippen LogP contribution in [-0.4, -0.2) is 65.4 Å². The summed E-state index contributed by atoms with van der Waals surface area (Å²) in [5, 5.41) is 17.6. The Labute approximate surface area is 187 Å². The lowest BCUT2D eigenvalue weighted by Gasteiger charge is -2.31. The topological polar surface area (TPSA) is 128 Å². The molecule has 0 aromatic heterocycles. The van der Waals surface area contributed by atoms with Crippen LogP contribution in [0.5, 0.6) is 0 Å². The van der Waals surface area contributed by atoms with Gasteiger partial charge in [-0.25, -0.2) is 0 Å². The largest absolute Gasteiger partial charge is 0.481 e. The highest BCUT2D eigenvalue weighted by molar-refractivity contribution is 5.95. The summed E-state index contributed by atoms with van der Waals surface area (Å²) in [5.41, 5.74) is 2.34. The number of carbonyl (C=O) groups excluding carboxylic acids is 3. The normalized spacial score (nSPS) is 21.9. The molecule has 32 heavy (non-hydrogen) atoms. The van der Waals surface area contributed by atoms with E-state index in [-0.39, 0.29) is 11.9 Å². The van der Waals surface area contributed by atoms with Gasteiger partial charge in [0.2, 0.25) is 17.7 Å². The summed E-state index contributed by atoms with van der Waals surface area (Å²) in [6.45, 7) is 1.97. The van der Waals surface area contributed by atoms with Gasteiger partial charge in [0.1, 0.15) is 12.1 Å². The Balaban J connectivity index is 1.71. The van der Waals surface area contributed by atoms with Gasteiger partial charge < -0.3 is 26.0 Å². The van der Waals surface area contributed by atoms with Gasteiger partial charge in [0, 0.05) is 6.54 Å². The number of hydrogen-bond acceptors (Lipinski definition) is 5. The minimum Gasteiger partial charge on any atom is -0.481 e. The summed E-state index contributed by atoms with van der Waals surface area (Å²) in [5.74, 6) is -2.43. The number of carboxylic acid groups (broad SMARTS) is 1. The van der Waals surface area contributed by atoms with E-state index in [4.69, 9.17) is 0 Å².